The molecule has 13 heavy (non-hydrogen) atoms. The second-order valence-electron chi connectivity index (χ2n) is 2.87. The van der Waals surface area contributed by atoms with Gasteiger partial charge in [-0.05, 0) is 0 Å². The van der Waals surface area contributed by atoms with Crippen molar-refractivity contribution in [1.82, 2.24) is 0 Å². The first-order valence-electron chi connectivity index (χ1n) is 4.70. The molecule has 0 N–H and O–H groups in total. The summed E-state index contributed by atoms with van der Waals surface area (Å²) >= 11 is -0.705. The SMILES string of the molecule is CC[As](CC)c1ccc(OC)cc1. The van der Waals surface area contributed by atoms with E-state index in [-0.39, 0.29) is 0 Å². The van der Waals surface area contributed by atoms with Crippen LogP contribution in [0.25, 0.3) is 0 Å². The number of hydrogen-bond acceptors (Lipinski definition) is 1. The van der Waals surface area contributed by atoms with Gasteiger partial charge in [-0.15, -0.1) is 0 Å². The number of rotatable bonds is 4. The molecule has 0 saturated heterocycles. The Hall–Kier alpha value is -0.422. The molecule has 2 heteroatoms. The fourth-order valence-electron chi connectivity index (χ4n) is 1.38. The first-order chi connectivity index (χ1) is 6.31. The molecular formula is C11H17AsO. The predicted molar refractivity (Wildman–Crippen MR) is 59.3 cm³/mol. The standard InChI is InChI=1S/C11H17AsO/c1-4-12(5-2)10-6-8-11(13-3)9-7-10/h6-9H,4-5H2,1-3H3. The van der Waals surface area contributed by atoms with E-state index in [1.807, 2.05) is 0 Å². The molecule has 1 aromatic rings. The Morgan fingerprint density at radius 2 is 1.62 bits per heavy atom. The fraction of sp³-hybridized carbons (Fsp3) is 0.455. The molecule has 0 radical (unpaired) electrons. The third kappa shape index (κ3) is 2.77. The first kappa shape index (κ1) is 10.7. The third-order valence-corrected chi connectivity index (χ3v) is 7.56. The second kappa shape index (κ2) is 5.34. The zero-order valence-corrected chi connectivity index (χ0v) is 10.5. The summed E-state index contributed by atoms with van der Waals surface area (Å²) < 4.78 is 6.70. The van der Waals surface area contributed by atoms with Gasteiger partial charge < -0.3 is 0 Å². The predicted octanol–water partition coefficient (Wildman–Crippen LogP) is 2.44. The van der Waals surface area contributed by atoms with Gasteiger partial charge in [0.25, 0.3) is 0 Å². The molecule has 1 rings (SSSR count). The topological polar surface area (TPSA) is 9.23 Å². The van der Waals surface area contributed by atoms with E-state index in [2.05, 4.69) is 38.1 Å². The van der Waals surface area contributed by atoms with Gasteiger partial charge in [0.2, 0.25) is 0 Å². The zero-order chi connectivity index (χ0) is 9.68. The molecule has 1 nitrogen and oxygen atoms in total. The van der Waals surface area contributed by atoms with Crippen molar-refractivity contribution >= 4 is 19.0 Å². The van der Waals surface area contributed by atoms with Gasteiger partial charge in [-0.3, -0.25) is 0 Å². The van der Waals surface area contributed by atoms with Gasteiger partial charge in [0.1, 0.15) is 0 Å². The van der Waals surface area contributed by atoms with Crippen LogP contribution in [0.1, 0.15) is 13.8 Å². The molecule has 0 bridgehead atoms. The summed E-state index contributed by atoms with van der Waals surface area (Å²) in [5.41, 5.74) is 0. The average Bonchev–Trinajstić information content (AvgIpc) is 2.21. The molecule has 0 fully saturated rings. The van der Waals surface area contributed by atoms with E-state index < -0.39 is 14.7 Å². The molecule has 0 saturated carbocycles. The Kier molecular flexibility index (Phi) is 4.38. The van der Waals surface area contributed by atoms with Gasteiger partial charge in [0.05, 0.1) is 0 Å². The van der Waals surface area contributed by atoms with Crippen LogP contribution in [0.2, 0.25) is 10.4 Å². The summed E-state index contributed by atoms with van der Waals surface area (Å²) in [4.78, 5) is 0. The summed E-state index contributed by atoms with van der Waals surface area (Å²) in [5.74, 6) is 0.963. The van der Waals surface area contributed by atoms with Crippen molar-refractivity contribution in [2.24, 2.45) is 0 Å². The first-order valence-corrected chi connectivity index (χ1v) is 8.30. The van der Waals surface area contributed by atoms with Crippen molar-refractivity contribution in [1.29, 1.82) is 0 Å². The molecule has 0 unspecified atom stereocenters. The van der Waals surface area contributed by atoms with Gasteiger partial charge in [-0.2, -0.15) is 0 Å². The van der Waals surface area contributed by atoms with Gasteiger partial charge >= 0.3 is 85.1 Å². The minimum absolute atomic E-state index is 0.705. The van der Waals surface area contributed by atoms with Gasteiger partial charge in [-0.25, -0.2) is 0 Å². The molecule has 0 heterocycles. The van der Waals surface area contributed by atoms with Crippen LogP contribution in [-0.4, -0.2) is 21.8 Å². The molecule has 0 aliphatic carbocycles. The number of benzene rings is 1. The van der Waals surface area contributed by atoms with Crippen LogP contribution in [0.5, 0.6) is 5.75 Å². The van der Waals surface area contributed by atoms with Crippen LogP contribution in [0.4, 0.5) is 0 Å². The Balaban J connectivity index is 2.78. The molecule has 0 amide bonds. The van der Waals surface area contributed by atoms with E-state index in [0.29, 0.717) is 0 Å². The van der Waals surface area contributed by atoms with Crippen LogP contribution in [0.3, 0.4) is 0 Å². The van der Waals surface area contributed by atoms with Crippen molar-refractivity contribution in [3.8, 4) is 5.75 Å². The molecular weight excluding hydrogens is 223 g/mol. The van der Waals surface area contributed by atoms with E-state index in [1.54, 1.807) is 11.5 Å². The zero-order valence-electron chi connectivity index (χ0n) is 8.58. The molecule has 1 aromatic carbocycles. The van der Waals surface area contributed by atoms with E-state index in [1.165, 1.54) is 10.4 Å². The van der Waals surface area contributed by atoms with Crippen molar-refractivity contribution in [2.75, 3.05) is 7.11 Å². The van der Waals surface area contributed by atoms with E-state index in [9.17, 15) is 0 Å². The third-order valence-electron chi connectivity index (χ3n) is 2.20. The number of methoxy groups -OCH3 is 1. The van der Waals surface area contributed by atoms with E-state index in [0.717, 1.165) is 5.75 Å². The van der Waals surface area contributed by atoms with E-state index >= 15 is 0 Å². The average molecular weight is 240 g/mol. The molecule has 72 valence electrons. The van der Waals surface area contributed by atoms with Crippen molar-refractivity contribution in [3.63, 3.8) is 0 Å². The molecule has 0 aliphatic rings. The van der Waals surface area contributed by atoms with Crippen LogP contribution in [0.15, 0.2) is 24.3 Å². The number of hydrogen-bond donors (Lipinski definition) is 0. The molecule has 0 spiro atoms. The maximum absolute atomic E-state index is 5.13. The van der Waals surface area contributed by atoms with Gasteiger partial charge in [0.15, 0.2) is 0 Å². The summed E-state index contributed by atoms with van der Waals surface area (Å²) in [6.45, 7) is 4.60. The van der Waals surface area contributed by atoms with Crippen molar-refractivity contribution in [3.05, 3.63) is 24.3 Å². The Labute approximate surface area is 85.4 Å². The normalized spacial score (nSPS) is 10.5. The monoisotopic (exact) mass is 240 g/mol. The van der Waals surface area contributed by atoms with Crippen molar-refractivity contribution in [2.45, 2.75) is 24.3 Å². The van der Waals surface area contributed by atoms with Crippen LogP contribution in [-0.2, 0) is 0 Å². The summed E-state index contributed by atoms with van der Waals surface area (Å²) in [7, 11) is 1.71. The van der Waals surface area contributed by atoms with Crippen LogP contribution >= 0.6 is 0 Å². The Morgan fingerprint density at radius 1 is 1.08 bits per heavy atom. The quantitative estimate of drug-likeness (QED) is 0.734. The Morgan fingerprint density at radius 3 is 2.00 bits per heavy atom. The fourth-order valence-corrected chi connectivity index (χ4v) is 5.05. The van der Waals surface area contributed by atoms with Crippen molar-refractivity contribution < 1.29 is 4.74 Å². The van der Waals surface area contributed by atoms with E-state index in [4.69, 9.17) is 4.74 Å². The van der Waals surface area contributed by atoms with Gasteiger partial charge in [-0.1, -0.05) is 0 Å². The molecule has 0 aliphatic heterocycles. The minimum atomic E-state index is -0.705. The van der Waals surface area contributed by atoms with Crippen LogP contribution < -0.4 is 9.09 Å². The maximum atomic E-state index is 5.13. The number of ether oxygens (including phenoxy) is 1. The van der Waals surface area contributed by atoms with Crippen LogP contribution in [0, 0.1) is 0 Å². The summed E-state index contributed by atoms with van der Waals surface area (Å²) in [6, 6.07) is 8.60. The Bertz CT molecular complexity index is 239. The van der Waals surface area contributed by atoms with Gasteiger partial charge in [0, 0.05) is 0 Å². The second-order valence-corrected chi connectivity index (χ2v) is 8.87. The molecule has 0 atom stereocenters. The molecule has 0 aromatic heterocycles. The summed E-state index contributed by atoms with van der Waals surface area (Å²) in [5, 5.41) is 2.71. The summed E-state index contributed by atoms with van der Waals surface area (Å²) in [6.07, 6.45) is 0.